The van der Waals surface area contributed by atoms with E-state index in [1.54, 1.807) is 30.6 Å². The van der Waals surface area contributed by atoms with Crippen LogP contribution in [-0.4, -0.2) is 33.0 Å². The molecule has 2 aromatic heterocycles. The van der Waals surface area contributed by atoms with Crippen LogP contribution in [0.1, 0.15) is 22.7 Å². The number of halogens is 1. The maximum Gasteiger partial charge on any atom is 0.227 e. The molecule has 3 aromatic rings. The van der Waals surface area contributed by atoms with E-state index in [0.717, 1.165) is 0 Å². The van der Waals surface area contributed by atoms with Gasteiger partial charge in [0.25, 0.3) is 0 Å². The van der Waals surface area contributed by atoms with Crippen molar-refractivity contribution in [3.05, 3.63) is 53.3 Å². The highest BCUT2D eigenvalue weighted by molar-refractivity contribution is 6.34. The predicted molar refractivity (Wildman–Crippen MR) is 86.0 cm³/mol. The Balaban J connectivity index is 1.66. The van der Waals surface area contributed by atoms with Crippen LogP contribution in [0.4, 0.5) is 0 Å². The number of Topliss-reactive ketones (excluding diaryl/α,β-unsaturated/α-hetero) is 1. The lowest BCUT2D eigenvalue weighted by molar-refractivity contribution is 0.0980. The van der Waals surface area contributed by atoms with Gasteiger partial charge in [0.15, 0.2) is 5.78 Å². The van der Waals surface area contributed by atoms with E-state index in [-0.39, 0.29) is 12.2 Å². The second-order valence-electron chi connectivity index (χ2n) is 4.87. The van der Waals surface area contributed by atoms with E-state index in [1.165, 1.54) is 13.3 Å². The van der Waals surface area contributed by atoms with Crippen LogP contribution in [0.15, 0.2) is 41.3 Å². The summed E-state index contributed by atoms with van der Waals surface area (Å²) in [7, 11) is 1.54. The van der Waals surface area contributed by atoms with Crippen molar-refractivity contribution in [2.45, 2.75) is 12.8 Å². The number of rotatable bonds is 6. The molecule has 24 heavy (non-hydrogen) atoms. The lowest BCUT2D eigenvalue weighted by Crippen LogP contribution is -2.02. The molecule has 0 unspecified atom stereocenters. The molecule has 0 aliphatic rings. The van der Waals surface area contributed by atoms with Gasteiger partial charge in [-0.2, -0.15) is 4.98 Å². The lowest BCUT2D eigenvalue weighted by Gasteiger charge is -2.05. The first-order valence-electron chi connectivity index (χ1n) is 7.13. The SMILES string of the molecule is COc1ccc(C(=O)CCc2nc(-c3cnccn3)no2)c(Cl)c1. The third kappa shape index (κ3) is 3.57. The number of ketones is 1. The summed E-state index contributed by atoms with van der Waals surface area (Å²) in [6.45, 7) is 0. The second kappa shape index (κ2) is 7.18. The number of benzene rings is 1. The molecule has 0 aliphatic heterocycles. The number of nitrogens with zero attached hydrogens (tertiary/aromatic N) is 4. The Bertz CT molecular complexity index is 852. The molecule has 1 aromatic carbocycles. The van der Waals surface area contributed by atoms with E-state index in [2.05, 4.69) is 20.1 Å². The van der Waals surface area contributed by atoms with Gasteiger partial charge in [0.1, 0.15) is 11.4 Å². The first-order chi connectivity index (χ1) is 11.7. The molecule has 0 saturated heterocycles. The topological polar surface area (TPSA) is 91.0 Å². The maximum absolute atomic E-state index is 12.3. The summed E-state index contributed by atoms with van der Waals surface area (Å²) in [5.74, 6) is 1.19. The molecule has 8 heteroatoms. The minimum absolute atomic E-state index is 0.109. The van der Waals surface area contributed by atoms with Crippen LogP contribution >= 0.6 is 11.6 Å². The Morgan fingerprint density at radius 1 is 1.33 bits per heavy atom. The van der Waals surface area contributed by atoms with Gasteiger partial charge in [0, 0.05) is 30.8 Å². The lowest BCUT2D eigenvalue weighted by atomic mass is 10.1. The monoisotopic (exact) mass is 344 g/mol. The number of hydrogen-bond acceptors (Lipinski definition) is 7. The minimum atomic E-state index is -0.109. The highest BCUT2D eigenvalue weighted by Gasteiger charge is 2.15. The van der Waals surface area contributed by atoms with Gasteiger partial charge < -0.3 is 9.26 Å². The first kappa shape index (κ1) is 16.1. The molecule has 0 bridgehead atoms. The van der Waals surface area contributed by atoms with Crippen LogP contribution < -0.4 is 4.74 Å². The van der Waals surface area contributed by atoms with Gasteiger partial charge >= 0.3 is 0 Å². The fourth-order valence-corrected chi connectivity index (χ4v) is 2.36. The summed E-state index contributed by atoms with van der Waals surface area (Å²) < 4.78 is 10.2. The fourth-order valence-electron chi connectivity index (χ4n) is 2.08. The number of hydrogen-bond donors (Lipinski definition) is 0. The molecule has 0 saturated carbocycles. The second-order valence-corrected chi connectivity index (χ2v) is 5.28. The standard InChI is InChI=1S/C16H13ClN4O3/c1-23-10-2-3-11(12(17)8-10)14(22)4-5-15-20-16(21-24-15)13-9-18-6-7-19-13/h2-3,6-9H,4-5H2,1H3. The summed E-state index contributed by atoms with van der Waals surface area (Å²) in [6, 6.07) is 4.94. The molecule has 0 fully saturated rings. The van der Waals surface area contributed by atoms with Gasteiger partial charge in [-0.15, -0.1) is 0 Å². The average molecular weight is 345 g/mol. The van der Waals surface area contributed by atoms with E-state index >= 15 is 0 Å². The van der Waals surface area contributed by atoms with Gasteiger partial charge in [-0.05, 0) is 18.2 Å². The highest BCUT2D eigenvalue weighted by Crippen LogP contribution is 2.24. The van der Waals surface area contributed by atoms with E-state index in [9.17, 15) is 4.79 Å². The van der Waals surface area contributed by atoms with Crippen molar-refractivity contribution in [1.29, 1.82) is 0 Å². The van der Waals surface area contributed by atoms with E-state index in [0.29, 0.717) is 40.2 Å². The van der Waals surface area contributed by atoms with Crippen LogP contribution in [0.2, 0.25) is 5.02 Å². The molecule has 3 rings (SSSR count). The zero-order valence-electron chi connectivity index (χ0n) is 12.8. The number of carbonyl (C=O) groups excluding carboxylic acids is 1. The minimum Gasteiger partial charge on any atom is -0.497 e. The van der Waals surface area contributed by atoms with Crippen LogP contribution in [0.3, 0.4) is 0 Å². The number of ether oxygens (including phenoxy) is 1. The van der Waals surface area contributed by atoms with E-state index in [1.807, 2.05) is 0 Å². The molecule has 0 N–H and O–H groups in total. The van der Waals surface area contributed by atoms with Crippen molar-refractivity contribution >= 4 is 17.4 Å². The molecule has 122 valence electrons. The Kier molecular flexibility index (Phi) is 4.81. The zero-order chi connectivity index (χ0) is 16.9. The van der Waals surface area contributed by atoms with Crippen LogP contribution in [0.5, 0.6) is 5.75 Å². The zero-order valence-corrected chi connectivity index (χ0v) is 13.5. The third-order valence-electron chi connectivity index (χ3n) is 3.30. The molecular formula is C16H13ClN4O3. The van der Waals surface area contributed by atoms with E-state index in [4.69, 9.17) is 20.9 Å². The Labute approximate surface area is 142 Å². The van der Waals surface area contributed by atoms with Crippen molar-refractivity contribution in [3.8, 4) is 17.3 Å². The Hall–Kier alpha value is -2.80. The Morgan fingerprint density at radius 3 is 2.92 bits per heavy atom. The molecule has 0 atom stereocenters. The molecule has 0 aliphatic carbocycles. The largest absolute Gasteiger partial charge is 0.497 e. The van der Waals surface area contributed by atoms with Crippen molar-refractivity contribution in [2.75, 3.05) is 7.11 Å². The van der Waals surface area contributed by atoms with Crippen LogP contribution in [-0.2, 0) is 6.42 Å². The normalized spacial score (nSPS) is 10.6. The van der Waals surface area contributed by atoms with Crippen molar-refractivity contribution in [2.24, 2.45) is 0 Å². The number of aromatic nitrogens is 4. The number of methoxy groups -OCH3 is 1. The van der Waals surface area contributed by atoms with Crippen molar-refractivity contribution in [1.82, 2.24) is 20.1 Å². The molecule has 0 amide bonds. The van der Waals surface area contributed by atoms with E-state index < -0.39 is 0 Å². The Morgan fingerprint density at radius 2 is 2.21 bits per heavy atom. The van der Waals surface area contributed by atoms with Crippen LogP contribution in [0, 0.1) is 0 Å². The van der Waals surface area contributed by atoms with Gasteiger partial charge in [0.2, 0.25) is 11.7 Å². The summed E-state index contributed by atoms with van der Waals surface area (Å²) in [4.78, 5) is 24.5. The molecule has 0 spiro atoms. The summed E-state index contributed by atoms with van der Waals surface area (Å²) in [5.41, 5.74) is 0.947. The molecular weight excluding hydrogens is 332 g/mol. The van der Waals surface area contributed by atoms with Gasteiger partial charge in [-0.3, -0.25) is 9.78 Å². The summed E-state index contributed by atoms with van der Waals surface area (Å²) >= 11 is 6.10. The molecule has 7 nitrogen and oxygen atoms in total. The smallest absolute Gasteiger partial charge is 0.227 e. The van der Waals surface area contributed by atoms with Gasteiger partial charge in [-0.25, -0.2) is 4.98 Å². The number of carbonyl (C=O) groups is 1. The van der Waals surface area contributed by atoms with Gasteiger partial charge in [-0.1, -0.05) is 16.8 Å². The first-order valence-corrected chi connectivity index (χ1v) is 7.51. The average Bonchev–Trinajstić information content (AvgIpc) is 3.09. The van der Waals surface area contributed by atoms with Crippen molar-refractivity contribution in [3.63, 3.8) is 0 Å². The summed E-state index contributed by atoms with van der Waals surface area (Å²) in [6.07, 6.45) is 5.15. The quantitative estimate of drug-likeness (QED) is 0.635. The van der Waals surface area contributed by atoms with Crippen molar-refractivity contribution < 1.29 is 14.1 Å². The van der Waals surface area contributed by atoms with Crippen LogP contribution in [0.25, 0.3) is 11.5 Å². The third-order valence-corrected chi connectivity index (χ3v) is 3.62. The molecule has 2 heterocycles. The number of aryl methyl sites for hydroxylation is 1. The highest BCUT2D eigenvalue weighted by atomic mass is 35.5. The fraction of sp³-hybridized carbons (Fsp3) is 0.188. The maximum atomic E-state index is 12.3. The predicted octanol–water partition coefficient (Wildman–Crippen LogP) is 3.00. The van der Waals surface area contributed by atoms with Gasteiger partial charge in [0.05, 0.1) is 18.3 Å². The molecule has 0 radical (unpaired) electrons. The summed E-state index contributed by atoms with van der Waals surface area (Å²) in [5, 5.41) is 4.19.